The molecular weight excluding hydrogens is 242 g/mol. The van der Waals surface area contributed by atoms with E-state index >= 15 is 0 Å². The molecule has 0 aliphatic rings. The van der Waals surface area contributed by atoms with Crippen LogP contribution in [0, 0.1) is 5.92 Å². The summed E-state index contributed by atoms with van der Waals surface area (Å²) in [6.07, 6.45) is 0. The molecule has 0 aromatic heterocycles. The van der Waals surface area contributed by atoms with Gasteiger partial charge >= 0.3 is 0 Å². The largest absolute Gasteiger partial charge is 0.493 e. The summed E-state index contributed by atoms with van der Waals surface area (Å²) < 4.78 is 10.8. The average Bonchev–Trinajstić information content (AvgIpc) is 2.35. The lowest BCUT2D eigenvalue weighted by Gasteiger charge is -2.16. The predicted octanol–water partition coefficient (Wildman–Crippen LogP) is 1.81. The minimum absolute atomic E-state index is 0.0565. The summed E-state index contributed by atoms with van der Waals surface area (Å²) in [7, 11) is 1.55. The molecule has 1 atom stereocenters. The average molecular weight is 260 g/mol. The first-order valence-corrected chi connectivity index (χ1v) is 5.80. The number of hydrogen-bond acceptors (Lipinski definition) is 4. The van der Waals surface area contributed by atoms with E-state index in [1.165, 1.54) is 0 Å². The van der Waals surface area contributed by atoms with Crippen molar-refractivity contribution in [3.05, 3.63) is 22.7 Å². The van der Waals surface area contributed by atoms with Crippen molar-refractivity contribution in [1.29, 1.82) is 0 Å². The maximum Gasteiger partial charge on any atom is 0.165 e. The van der Waals surface area contributed by atoms with E-state index in [2.05, 4.69) is 0 Å². The zero-order valence-corrected chi connectivity index (χ0v) is 10.8. The molecule has 17 heavy (non-hydrogen) atoms. The van der Waals surface area contributed by atoms with Crippen molar-refractivity contribution < 1.29 is 14.6 Å². The van der Waals surface area contributed by atoms with Gasteiger partial charge in [0.2, 0.25) is 0 Å². The fourth-order valence-electron chi connectivity index (χ4n) is 1.37. The van der Waals surface area contributed by atoms with E-state index in [0.29, 0.717) is 29.7 Å². The van der Waals surface area contributed by atoms with E-state index in [-0.39, 0.29) is 12.5 Å². The van der Waals surface area contributed by atoms with Gasteiger partial charge in [-0.3, -0.25) is 0 Å². The van der Waals surface area contributed by atoms with Crippen LogP contribution in [0.15, 0.2) is 12.1 Å². The number of methoxy groups -OCH3 is 1. The van der Waals surface area contributed by atoms with Crippen LogP contribution < -0.4 is 15.2 Å². The fourth-order valence-corrected chi connectivity index (χ4v) is 1.60. The summed E-state index contributed by atoms with van der Waals surface area (Å²) in [6, 6.07) is 3.43. The molecule has 1 aromatic rings. The van der Waals surface area contributed by atoms with Gasteiger partial charge in [-0.25, -0.2) is 0 Å². The van der Waals surface area contributed by atoms with Gasteiger partial charge in [0.05, 0.1) is 13.7 Å². The highest BCUT2D eigenvalue weighted by atomic mass is 35.5. The zero-order chi connectivity index (χ0) is 12.8. The lowest BCUT2D eigenvalue weighted by molar-refractivity contribution is 0.170. The molecule has 0 bridgehead atoms. The molecule has 0 radical (unpaired) electrons. The smallest absolute Gasteiger partial charge is 0.165 e. The van der Waals surface area contributed by atoms with E-state index < -0.39 is 0 Å². The second kappa shape index (κ2) is 6.69. The Labute approximate surface area is 106 Å². The van der Waals surface area contributed by atoms with Crippen LogP contribution in [0.4, 0.5) is 0 Å². The summed E-state index contributed by atoms with van der Waals surface area (Å²) in [6.45, 7) is 2.69. The molecule has 4 nitrogen and oxygen atoms in total. The number of aliphatic hydroxyl groups excluding tert-OH is 1. The first-order valence-electron chi connectivity index (χ1n) is 5.42. The van der Waals surface area contributed by atoms with E-state index in [1.807, 2.05) is 6.92 Å². The van der Waals surface area contributed by atoms with Gasteiger partial charge in [-0.05, 0) is 6.07 Å². The van der Waals surface area contributed by atoms with Crippen molar-refractivity contribution in [1.82, 2.24) is 0 Å². The monoisotopic (exact) mass is 259 g/mol. The van der Waals surface area contributed by atoms with Gasteiger partial charge in [0.15, 0.2) is 11.5 Å². The van der Waals surface area contributed by atoms with Crippen LogP contribution in [0.25, 0.3) is 0 Å². The minimum atomic E-state index is 0.0565. The molecule has 0 fully saturated rings. The van der Waals surface area contributed by atoms with Gasteiger partial charge in [-0.15, -0.1) is 0 Å². The van der Waals surface area contributed by atoms with E-state index in [4.69, 9.17) is 31.9 Å². The fraction of sp³-hybridized carbons (Fsp3) is 0.500. The highest BCUT2D eigenvalue weighted by Gasteiger charge is 2.13. The number of nitrogens with two attached hydrogens (primary N) is 1. The number of ether oxygens (including phenoxy) is 2. The van der Waals surface area contributed by atoms with Gasteiger partial charge in [-0.1, -0.05) is 18.5 Å². The third-order valence-electron chi connectivity index (χ3n) is 2.36. The Morgan fingerprint density at radius 2 is 2.18 bits per heavy atom. The number of benzene rings is 1. The Morgan fingerprint density at radius 1 is 1.47 bits per heavy atom. The summed E-state index contributed by atoms with van der Waals surface area (Å²) in [5.41, 5.74) is 6.43. The Kier molecular flexibility index (Phi) is 5.55. The maximum atomic E-state index is 8.95. The van der Waals surface area contributed by atoms with Crippen LogP contribution in [-0.2, 0) is 6.54 Å². The Morgan fingerprint density at radius 3 is 2.71 bits per heavy atom. The first-order chi connectivity index (χ1) is 8.12. The van der Waals surface area contributed by atoms with Crippen LogP contribution >= 0.6 is 11.6 Å². The first kappa shape index (κ1) is 14.1. The predicted molar refractivity (Wildman–Crippen MR) is 67.6 cm³/mol. The molecular formula is C12H18ClNO3. The molecule has 3 N–H and O–H groups in total. The third kappa shape index (κ3) is 3.77. The number of halogens is 1. The molecule has 0 heterocycles. The standard InChI is InChI=1S/C12H18ClNO3/c1-8(6-15)7-17-12-9(5-14)3-10(13)4-11(12)16-2/h3-4,8,15H,5-7,14H2,1-2H3. The van der Waals surface area contributed by atoms with Crippen molar-refractivity contribution in [2.75, 3.05) is 20.3 Å². The van der Waals surface area contributed by atoms with Crippen molar-refractivity contribution in [2.45, 2.75) is 13.5 Å². The van der Waals surface area contributed by atoms with Gasteiger partial charge in [0.25, 0.3) is 0 Å². The molecule has 1 unspecified atom stereocenters. The molecule has 1 rings (SSSR count). The van der Waals surface area contributed by atoms with Crippen LogP contribution in [0.5, 0.6) is 11.5 Å². The van der Waals surface area contributed by atoms with Crippen LogP contribution in [0.1, 0.15) is 12.5 Å². The molecule has 5 heteroatoms. The highest BCUT2D eigenvalue weighted by molar-refractivity contribution is 6.30. The number of rotatable bonds is 6. The Hall–Kier alpha value is -0.970. The van der Waals surface area contributed by atoms with Gasteiger partial charge < -0.3 is 20.3 Å². The highest BCUT2D eigenvalue weighted by Crippen LogP contribution is 2.34. The Bertz CT molecular complexity index is 346. The van der Waals surface area contributed by atoms with Crippen LogP contribution in [-0.4, -0.2) is 25.4 Å². The number of hydrogen-bond donors (Lipinski definition) is 2. The molecule has 0 saturated heterocycles. The summed E-state index contributed by atoms with van der Waals surface area (Å²) in [4.78, 5) is 0. The maximum absolute atomic E-state index is 8.95. The SMILES string of the molecule is COc1cc(Cl)cc(CN)c1OCC(C)CO. The zero-order valence-electron chi connectivity index (χ0n) is 10.1. The summed E-state index contributed by atoms with van der Waals surface area (Å²) in [5, 5.41) is 9.51. The molecule has 0 saturated carbocycles. The molecule has 96 valence electrons. The van der Waals surface area contributed by atoms with Crippen LogP contribution in [0.3, 0.4) is 0 Å². The van der Waals surface area contributed by atoms with E-state index in [1.54, 1.807) is 19.2 Å². The molecule has 0 spiro atoms. The lowest BCUT2D eigenvalue weighted by atomic mass is 10.1. The van der Waals surface area contributed by atoms with Crippen molar-refractivity contribution in [3.63, 3.8) is 0 Å². The van der Waals surface area contributed by atoms with Gasteiger partial charge in [-0.2, -0.15) is 0 Å². The van der Waals surface area contributed by atoms with Gasteiger partial charge in [0, 0.05) is 35.7 Å². The summed E-state index contributed by atoms with van der Waals surface area (Å²) in [5.74, 6) is 1.21. The Balaban J connectivity index is 2.94. The summed E-state index contributed by atoms with van der Waals surface area (Å²) >= 11 is 5.94. The van der Waals surface area contributed by atoms with Gasteiger partial charge in [0.1, 0.15) is 0 Å². The quantitative estimate of drug-likeness (QED) is 0.818. The molecule has 1 aromatic carbocycles. The van der Waals surface area contributed by atoms with E-state index in [0.717, 1.165) is 5.56 Å². The van der Waals surface area contributed by atoms with Crippen molar-refractivity contribution in [2.24, 2.45) is 11.7 Å². The minimum Gasteiger partial charge on any atom is -0.493 e. The van der Waals surface area contributed by atoms with Crippen molar-refractivity contribution in [3.8, 4) is 11.5 Å². The molecule has 0 aliphatic heterocycles. The molecule has 0 amide bonds. The van der Waals surface area contributed by atoms with E-state index in [9.17, 15) is 0 Å². The number of aliphatic hydroxyl groups is 1. The lowest BCUT2D eigenvalue weighted by Crippen LogP contribution is -2.14. The molecule has 0 aliphatic carbocycles. The normalized spacial score (nSPS) is 12.3. The second-order valence-corrected chi connectivity index (χ2v) is 4.34. The van der Waals surface area contributed by atoms with Crippen LogP contribution in [0.2, 0.25) is 5.02 Å². The topological polar surface area (TPSA) is 64.7 Å². The second-order valence-electron chi connectivity index (χ2n) is 3.90. The van der Waals surface area contributed by atoms with Crippen molar-refractivity contribution >= 4 is 11.6 Å². The third-order valence-corrected chi connectivity index (χ3v) is 2.58.